The van der Waals surface area contributed by atoms with E-state index in [1.54, 1.807) is 24.3 Å². The van der Waals surface area contributed by atoms with Crippen molar-refractivity contribution in [1.29, 1.82) is 0 Å². The van der Waals surface area contributed by atoms with Gasteiger partial charge in [-0.05, 0) is 66.9 Å². The van der Waals surface area contributed by atoms with Crippen LogP contribution in [0.15, 0.2) is 78.9 Å². The number of hydrogen-bond acceptors (Lipinski definition) is 5. The normalized spacial score (nSPS) is 12.0. The van der Waals surface area contributed by atoms with Gasteiger partial charge in [-0.3, -0.25) is 0 Å². The highest BCUT2D eigenvalue weighted by Gasteiger charge is 2.42. The van der Waals surface area contributed by atoms with E-state index in [1.165, 1.54) is 24.3 Å². The standard InChI is InChI=1S/C28H27F3O5/c1-2-3-5-10-25(28(29,30)31)36-27(33)22-13-17-24(18-14-22)35-26(32)21-11-15-23(16-12-21)34-19-20-8-6-4-7-9-20/h4,6-9,11-18,25H,2-3,5,10,19H2,1H3/t25-/m1/s1. The molecule has 0 aliphatic heterocycles. The SMILES string of the molecule is CCCCC[C@@H](OC(=O)c1ccc(OC(=O)c2ccc(OCc3ccccc3)cc2)cc1)C(F)(F)F. The molecule has 1 atom stereocenters. The van der Waals surface area contributed by atoms with E-state index in [2.05, 4.69) is 0 Å². The van der Waals surface area contributed by atoms with E-state index in [1.807, 2.05) is 37.3 Å². The van der Waals surface area contributed by atoms with Crippen molar-refractivity contribution >= 4 is 11.9 Å². The minimum Gasteiger partial charge on any atom is -0.489 e. The topological polar surface area (TPSA) is 61.8 Å². The van der Waals surface area contributed by atoms with E-state index in [4.69, 9.17) is 14.2 Å². The Morgan fingerprint density at radius 2 is 1.36 bits per heavy atom. The first kappa shape index (κ1) is 26.8. The molecule has 0 saturated carbocycles. The van der Waals surface area contributed by atoms with Gasteiger partial charge < -0.3 is 14.2 Å². The number of ether oxygens (including phenoxy) is 3. The molecule has 0 radical (unpaired) electrons. The number of carbonyl (C=O) groups is 2. The van der Waals surface area contributed by atoms with Crippen LogP contribution >= 0.6 is 0 Å². The van der Waals surface area contributed by atoms with E-state index in [0.717, 1.165) is 12.0 Å². The van der Waals surface area contributed by atoms with E-state index in [-0.39, 0.29) is 23.3 Å². The molecule has 3 rings (SSSR count). The van der Waals surface area contributed by atoms with Gasteiger partial charge in [0, 0.05) is 0 Å². The van der Waals surface area contributed by atoms with Crippen LogP contribution in [0.1, 0.15) is 58.9 Å². The average molecular weight is 501 g/mol. The fourth-order valence-electron chi connectivity index (χ4n) is 3.32. The molecule has 5 nitrogen and oxygen atoms in total. The van der Waals surface area contributed by atoms with Gasteiger partial charge in [0.05, 0.1) is 11.1 Å². The molecule has 0 saturated heterocycles. The zero-order valence-electron chi connectivity index (χ0n) is 19.8. The van der Waals surface area contributed by atoms with Gasteiger partial charge in [0.15, 0.2) is 6.10 Å². The number of hydrogen-bond donors (Lipinski definition) is 0. The number of halogens is 3. The number of rotatable bonds is 11. The minimum absolute atomic E-state index is 0.0699. The second-order valence-corrected chi connectivity index (χ2v) is 8.14. The second kappa shape index (κ2) is 12.8. The van der Waals surface area contributed by atoms with Crippen molar-refractivity contribution in [3.8, 4) is 11.5 Å². The molecule has 36 heavy (non-hydrogen) atoms. The van der Waals surface area contributed by atoms with Gasteiger partial charge in [0.2, 0.25) is 0 Å². The third kappa shape index (κ3) is 8.15. The molecule has 0 aliphatic carbocycles. The van der Waals surface area contributed by atoms with Crippen LogP contribution < -0.4 is 9.47 Å². The first-order valence-electron chi connectivity index (χ1n) is 11.6. The van der Waals surface area contributed by atoms with Crippen molar-refractivity contribution in [1.82, 2.24) is 0 Å². The quantitative estimate of drug-likeness (QED) is 0.159. The highest BCUT2D eigenvalue weighted by molar-refractivity contribution is 5.92. The summed E-state index contributed by atoms with van der Waals surface area (Å²) >= 11 is 0. The second-order valence-electron chi connectivity index (χ2n) is 8.14. The Bertz CT molecular complexity index is 1110. The predicted molar refractivity (Wildman–Crippen MR) is 128 cm³/mol. The molecule has 0 fully saturated rings. The van der Waals surface area contributed by atoms with Crippen molar-refractivity contribution in [2.24, 2.45) is 0 Å². The summed E-state index contributed by atoms with van der Waals surface area (Å²) in [7, 11) is 0. The van der Waals surface area contributed by atoms with Crippen LogP contribution in [-0.4, -0.2) is 24.2 Å². The maximum atomic E-state index is 13.2. The molecule has 8 heteroatoms. The fourth-order valence-corrected chi connectivity index (χ4v) is 3.32. The Hall–Kier alpha value is -3.81. The lowest BCUT2D eigenvalue weighted by Gasteiger charge is -2.20. The Kier molecular flexibility index (Phi) is 9.50. The molecule has 0 N–H and O–H groups in total. The van der Waals surface area contributed by atoms with Crippen molar-refractivity contribution in [3.05, 3.63) is 95.6 Å². The van der Waals surface area contributed by atoms with Crippen molar-refractivity contribution < 1.29 is 37.0 Å². The van der Waals surface area contributed by atoms with Crippen LogP contribution in [0.5, 0.6) is 11.5 Å². The van der Waals surface area contributed by atoms with Crippen LogP contribution in [0, 0.1) is 0 Å². The van der Waals surface area contributed by atoms with Crippen molar-refractivity contribution in [3.63, 3.8) is 0 Å². The highest BCUT2D eigenvalue weighted by atomic mass is 19.4. The number of unbranched alkanes of at least 4 members (excludes halogenated alkanes) is 2. The molecular weight excluding hydrogens is 473 g/mol. The third-order valence-corrected chi connectivity index (χ3v) is 5.32. The fraction of sp³-hybridized carbons (Fsp3) is 0.286. The number of esters is 2. The average Bonchev–Trinajstić information content (AvgIpc) is 2.87. The van der Waals surface area contributed by atoms with Crippen LogP contribution in [-0.2, 0) is 11.3 Å². The van der Waals surface area contributed by atoms with E-state index >= 15 is 0 Å². The van der Waals surface area contributed by atoms with Crippen LogP contribution in [0.2, 0.25) is 0 Å². The number of benzene rings is 3. The van der Waals surface area contributed by atoms with Crippen molar-refractivity contribution in [2.75, 3.05) is 0 Å². The molecule has 0 amide bonds. The molecular formula is C28H27F3O5. The molecule has 0 aromatic heterocycles. The first-order chi connectivity index (χ1) is 17.3. The maximum absolute atomic E-state index is 13.2. The highest BCUT2D eigenvalue weighted by Crippen LogP contribution is 2.28. The van der Waals surface area contributed by atoms with Gasteiger partial charge >= 0.3 is 18.1 Å². The summed E-state index contributed by atoms with van der Waals surface area (Å²) in [6, 6.07) is 21.2. The summed E-state index contributed by atoms with van der Waals surface area (Å²) < 4.78 is 55.3. The minimum atomic E-state index is -4.64. The van der Waals surface area contributed by atoms with E-state index in [0.29, 0.717) is 25.2 Å². The molecule has 0 unspecified atom stereocenters. The van der Waals surface area contributed by atoms with Crippen LogP contribution in [0.25, 0.3) is 0 Å². The van der Waals surface area contributed by atoms with Crippen LogP contribution in [0.4, 0.5) is 13.2 Å². The third-order valence-electron chi connectivity index (χ3n) is 5.32. The largest absolute Gasteiger partial charge is 0.489 e. The van der Waals surface area contributed by atoms with E-state index < -0.39 is 24.2 Å². The monoisotopic (exact) mass is 500 g/mol. The molecule has 0 bridgehead atoms. The van der Waals surface area contributed by atoms with Gasteiger partial charge in [-0.15, -0.1) is 0 Å². The summed E-state index contributed by atoms with van der Waals surface area (Å²) in [5, 5.41) is 0. The Morgan fingerprint density at radius 3 is 1.94 bits per heavy atom. The van der Waals surface area contributed by atoms with E-state index in [9.17, 15) is 22.8 Å². The van der Waals surface area contributed by atoms with Gasteiger partial charge in [-0.1, -0.05) is 50.1 Å². The van der Waals surface area contributed by atoms with Crippen molar-refractivity contribution in [2.45, 2.75) is 51.5 Å². The summed E-state index contributed by atoms with van der Waals surface area (Å²) in [5.41, 5.74) is 1.23. The Morgan fingerprint density at radius 1 is 0.778 bits per heavy atom. The zero-order chi connectivity index (χ0) is 26.0. The van der Waals surface area contributed by atoms with Gasteiger partial charge in [0.1, 0.15) is 18.1 Å². The van der Waals surface area contributed by atoms with Gasteiger partial charge in [0.25, 0.3) is 0 Å². The van der Waals surface area contributed by atoms with Crippen LogP contribution in [0.3, 0.4) is 0 Å². The summed E-state index contributed by atoms with van der Waals surface area (Å²) in [5.74, 6) is -0.993. The lowest BCUT2D eigenvalue weighted by molar-refractivity contribution is -0.206. The first-order valence-corrected chi connectivity index (χ1v) is 11.6. The lowest BCUT2D eigenvalue weighted by Crippen LogP contribution is -2.33. The molecule has 3 aromatic carbocycles. The Balaban J connectivity index is 1.54. The summed E-state index contributed by atoms with van der Waals surface area (Å²) in [6.07, 6.45) is -5.40. The molecule has 0 heterocycles. The zero-order valence-corrected chi connectivity index (χ0v) is 19.8. The molecule has 3 aromatic rings. The molecule has 0 aliphatic rings. The molecule has 190 valence electrons. The number of carbonyl (C=O) groups excluding carboxylic acids is 2. The Labute approximate surface area is 207 Å². The van der Waals surface area contributed by atoms with Gasteiger partial charge in [-0.25, -0.2) is 9.59 Å². The lowest BCUT2D eigenvalue weighted by atomic mass is 10.1. The van der Waals surface area contributed by atoms with Gasteiger partial charge in [-0.2, -0.15) is 13.2 Å². The number of alkyl halides is 3. The smallest absolute Gasteiger partial charge is 0.425 e. The molecule has 0 spiro atoms. The summed E-state index contributed by atoms with van der Waals surface area (Å²) in [4.78, 5) is 24.6. The summed E-state index contributed by atoms with van der Waals surface area (Å²) in [6.45, 7) is 2.27. The maximum Gasteiger partial charge on any atom is 0.425 e. The predicted octanol–water partition coefficient (Wildman–Crippen LogP) is 7.15.